The number of nitrogens with one attached hydrogen (secondary N) is 1. The van der Waals surface area contributed by atoms with Gasteiger partial charge in [0.25, 0.3) is 0 Å². The number of nitrogens with two attached hydrogens (primary N) is 1. The maximum atomic E-state index is 13.8. The molecule has 2 aromatic rings. The Hall–Kier alpha value is -3.88. The van der Waals surface area contributed by atoms with Crippen molar-refractivity contribution in [2.75, 3.05) is 21.3 Å². The van der Waals surface area contributed by atoms with E-state index in [4.69, 9.17) is 29.8 Å². The van der Waals surface area contributed by atoms with Crippen molar-refractivity contribution in [1.29, 1.82) is 0 Å². The number of carboxylic acid groups (broad SMARTS) is 1. The zero-order valence-corrected chi connectivity index (χ0v) is 27.3. The van der Waals surface area contributed by atoms with Crippen molar-refractivity contribution in [3.8, 4) is 17.2 Å². The van der Waals surface area contributed by atoms with Crippen molar-refractivity contribution in [2.24, 2.45) is 16.6 Å². The first-order valence-electron chi connectivity index (χ1n) is 14.4. The number of halogens is 5. The summed E-state index contributed by atoms with van der Waals surface area (Å²) in [6.45, 7) is 0. The molecule has 0 bridgehead atoms. The molecular formula is C31H38BrF4N3O7. The summed E-state index contributed by atoms with van der Waals surface area (Å²) in [6.07, 6.45) is 1.74. The van der Waals surface area contributed by atoms with E-state index in [9.17, 15) is 27.2 Å². The maximum Gasteiger partial charge on any atom is 0.490 e. The molecule has 0 aromatic heterocycles. The number of aryl methyl sites for hydroxylation is 1. The summed E-state index contributed by atoms with van der Waals surface area (Å²) in [6, 6.07) is 7.36. The molecular weight excluding hydrogens is 682 g/mol. The Balaban J connectivity index is 0.000000942. The Morgan fingerprint density at radius 3 is 2.17 bits per heavy atom. The summed E-state index contributed by atoms with van der Waals surface area (Å²) < 4.78 is 61.9. The second kappa shape index (κ2) is 18.3. The predicted molar refractivity (Wildman–Crippen MR) is 166 cm³/mol. The van der Waals surface area contributed by atoms with Crippen LogP contribution in [-0.2, 0) is 27.2 Å². The van der Waals surface area contributed by atoms with Crippen LogP contribution in [-0.4, -0.2) is 62.3 Å². The number of carboxylic acids is 1. The molecule has 1 fully saturated rings. The van der Waals surface area contributed by atoms with E-state index in [1.54, 1.807) is 24.3 Å². The number of hydrogen-bond acceptors (Lipinski definition) is 7. The first-order valence-corrected chi connectivity index (χ1v) is 15.2. The molecule has 4 N–H and O–H groups in total. The Kier molecular flexibility index (Phi) is 15.2. The fraction of sp³-hybridized carbons (Fsp3) is 0.484. The first-order chi connectivity index (χ1) is 21.7. The molecule has 254 valence electrons. The number of ketones is 1. The largest absolute Gasteiger partial charge is 0.494 e. The van der Waals surface area contributed by atoms with Crippen LogP contribution in [0.25, 0.3) is 0 Å². The third kappa shape index (κ3) is 12.5. The maximum absolute atomic E-state index is 13.8. The molecule has 10 nitrogen and oxygen atoms in total. The molecule has 0 unspecified atom stereocenters. The van der Waals surface area contributed by atoms with Crippen LogP contribution in [0, 0.1) is 11.7 Å². The number of aliphatic imine (C=N–C) groups is 1. The minimum absolute atomic E-state index is 0.0186. The molecule has 0 spiro atoms. The highest BCUT2D eigenvalue weighted by Crippen LogP contribution is 2.33. The molecule has 0 radical (unpaired) electrons. The fourth-order valence-electron chi connectivity index (χ4n) is 4.88. The summed E-state index contributed by atoms with van der Waals surface area (Å²) in [5.74, 6) is -2.16. The number of guanidine groups is 1. The van der Waals surface area contributed by atoms with Crippen molar-refractivity contribution >= 4 is 39.5 Å². The van der Waals surface area contributed by atoms with Crippen molar-refractivity contribution in [2.45, 2.75) is 70.0 Å². The average molecular weight is 721 g/mol. The van der Waals surface area contributed by atoms with Gasteiger partial charge < -0.3 is 25.1 Å². The highest BCUT2D eigenvalue weighted by Gasteiger charge is 2.38. The molecule has 0 saturated heterocycles. The van der Waals surface area contributed by atoms with Gasteiger partial charge in [-0.2, -0.15) is 13.2 Å². The summed E-state index contributed by atoms with van der Waals surface area (Å²) in [5.41, 5.74) is 7.60. The number of ether oxygens (including phenoxy) is 3. The molecule has 1 atom stereocenters. The van der Waals surface area contributed by atoms with E-state index >= 15 is 0 Å². The number of Topliss-reactive ketones (excluding diaryl/α,β-unsaturated/α-hetero) is 1. The molecule has 2 aromatic carbocycles. The number of rotatable bonds is 12. The van der Waals surface area contributed by atoms with E-state index in [1.807, 2.05) is 0 Å². The number of benzene rings is 2. The van der Waals surface area contributed by atoms with Crippen LogP contribution in [0.4, 0.5) is 17.6 Å². The number of carbonyl (C=O) groups excluding carboxylic acids is 2. The number of methoxy groups -OCH3 is 3. The summed E-state index contributed by atoms with van der Waals surface area (Å²) in [7, 11) is 4.47. The molecule has 0 aliphatic heterocycles. The third-order valence-electron chi connectivity index (χ3n) is 7.24. The standard InChI is InChI=1S/C29H37BrFN3O5.C2HF3O2/c1-37-25-14-19(9-11-22(25)31)10-12-24(35)23(13-18-7-5-4-6-8-18)33-29(32)34-28(36)16-20-15-26(38-2)27(39-3)17-21(20)30;3-2(4,5)1(6)7/h9,11,14-15,17-18,23H,4-8,10,12-13,16H2,1-3H3,(H3,32,33,34,36);(H,6,7)/t23-;/m1./s1. The lowest BCUT2D eigenvalue weighted by atomic mass is 9.83. The Morgan fingerprint density at radius 1 is 1.02 bits per heavy atom. The first kappa shape index (κ1) is 38.3. The van der Waals surface area contributed by atoms with E-state index < -0.39 is 24.0 Å². The minimum atomic E-state index is -5.08. The Bertz CT molecular complexity index is 1380. The van der Waals surface area contributed by atoms with Gasteiger partial charge in [0.2, 0.25) is 5.91 Å². The van der Waals surface area contributed by atoms with Crippen LogP contribution in [0.3, 0.4) is 0 Å². The summed E-state index contributed by atoms with van der Waals surface area (Å²) >= 11 is 3.46. The van der Waals surface area contributed by atoms with Crippen LogP contribution in [0.15, 0.2) is 39.8 Å². The highest BCUT2D eigenvalue weighted by atomic mass is 79.9. The van der Waals surface area contributed by atoms with Gasteiger partial charge in [0.15, 0.2) is 34.8 Å². The highest BCUT2D eigenvalue weighted by molar-refractivity contribution is 9.10. The number of hydrogen-bond donors (Lipinski definition) is 3. The summed E-state index contributed by atoms with van der Waals surface area (Å²) in [5, 5.41) is 9.75. The number of alkyl halides is 3. The van der Waals surface area contributed by atoms with Gasteiger partial charge in [-0.3, -0.25) is 14.9 Å². The lowest BCUT2D eigenvalue weighted by Crippen LogP contribution is -2.40. The lowest BCUT2D eigenvalue weighted by molar-refractivity contribution is -0.192. The molecule has 1 saturated carbocycles. The van der Waals surface area contributed by atoms with Gasteiger partial charge in [0, 0.05) is 10.9 Å². The molecule has 1 aliphatic rings. The van der Waals surface area contributed by atoms with Crippen molar-refractivity contribution in [1.82, 2.24) is 5.32 Å². The minimum Gasteiger partial charge on any atom is -0.494 e. The topological polar surface area (TPSA) is 150 Å². The molecule has 46 heavy (non-hydrogen) atoms. The Labute approximate surface area is 272 Å². The van der Waals surface area contributed by atoms with Crippen LogP contribution >= 0.6 is 15.9 Å². The van der Waals surface area contributed by atoms with E-state index in [2.05, 4.69) is 26.2 Å². The zero-order valence-electron chi connectivity index (χ0n) is 25.7. The van der Waals surface area contributed by atoms with E-state index in [-0.39, 0.29) is 36.2 Å². The second-order valence-electron chi connectivity index (χ2n) is 10.5. The van der Waals surface area contributed by atoms with E-state index in [1.165, 1.54) is 33.8 Å². The average Bonchev–Trinajstić information content (AvgIpc) is 3.01. The number of nitrogens with zero attached hydrogens (tertiary/aromatic N) is 1. The number of aliphatic carboxylic acids is 1. The van der Waals surface area contributed by atoms with Crippen LogP contribution < -0.4 is 25.3 Å². The van der Waals surface area contributed by atoms with Crippen molar-refractivity contribution < 1.29 is 51.3 Å². The number of carbonyl (C=O) groups is 3. The number of amides is 1. The van der Waals surface area contributed by atoms with Gasteiger partial charge in [-0.05, 0) is 54.2 Å². The normalized spacial score (nSPS) is 14.4. The van der Waals surface area contributed by atoms with Gasteiger partial charge in [-0.1, -0.05) is 54.1 Å². The van der Waals surface area contributed by atoms with Gasteiger partial charge in [0.1, 0.15) is 6.04 Å². The van der Waals surface area contributed by atoms with E-state index in [0.29, 0.717) is 40.3 Å². The zero-order chi connectivity index (χ0) is 34.4. The molecule has 3 rings (SSSR count). The molecule has 1 aliphatic carbocycles. The van der Waals surface area contributed by atoms with Gasteiger partial charge in [-0.15, -0.1) is 0 Å². The molecule has 15 heteroatoms. The van der Waals surface area contributed by atoms with Gasteiger partial charge >= 0.3 is 12.1 Å². The smallest absolute Gasteiger partial charge is 0.490 e. The quantitative estimate of drug-likeness (QED) is 0.142. The van der Waals surface area contributed by atoms with Crippen LogP contribution in [0.1, 0.15) is 56.1 Å². The van der Waals surface area contributed by atoms with Gasteiger partial charge in [-0.25, -0.2) is 14.2 Å². The van der Waals surface area contributed by atoms with Gasteiger partial charge in [0.05, 0.1) is 27.8 Å². The van der Waals surface area contributed by atoms with Crippen molar-refractivity contribution in [3.05, 3.63) is 51.7 Å². The van der Waals surface area contributed by atoms with E-state index in [0.717, 1.165) is 31.2 Å². The predicted octanol–water partition coefficient (Wildman–Crippen LogP) is 5.76. The Morgan fingerprint density at radius 2 is 1.61 bits per heavy atom. The SMILES string of the molecule is COc1cc(CCC(=O)[C@@H](CC2CCCCC2)N=C(N)NC(=O)Cc2cc(OC)c(OC)cc2Br)ccc1F.O=C(O)C(F)(F)F. The van der Waals surface area contributed by atoms with Crippen LogP contribution in [0.5, 0.6) is 17.2 Å². The summed E-state index contributed by atoms with van der Waals surface area (Å²) in [4.78, 5) is 39.4. The third-order valence-corrected chi connectivity index (χ3v) is 7.98. The lowest BCUT2D eigenvalue weighted by Gasteiger charge is -2.24. The van der Waals surface area contributed by atoms with Crippen molar-refractivity contribution in [3.63, 3.8) is 0 Å². The second-order valence-corrected chi connectivity index (χ2v) is 11.4. The molecule has 1 amide bonds. The molecule has 0 heterocycles. The monoisotopic (exact) mass is 719 g/mol. The fourth-order valence-corrected chi connectivity index (χ4v) is 5.34. The van der Waals surface area contributed by atoms with Crippen LogP contribution in [0.2, 0.25) is 0 Å².